The first-order valence-corrected chi connectivity index (χ1v) is 8.23. The zero-order valence-corrected chi connectivity index (χ0v) is 13.9. The fourth-order valence-corrected chi connectivity index (χ4v) is 3.41. The number of nitrogens with zero attached hydrogens (tertiary/aromatic N) is 2. The summed E-state index contributed by atoms with van der Waals surface area (Å²) in [6.07, 6.45) is 0.368. The first kappa shape index (κ1) is 16.7. The largest absolute Gasteiger partial charge is 0.397 e. The lowest BCUT2D eigenvalue weighted by atomic mass is 10.1. The van der Waals surface area contributed by atoms with Gasteiger partial charge >= 0.3 is 0 Å². The van der Waals surface area contributed by atoms with Gasteiger partial charge in [-0.25, -0.2) is 9.37 Å². The molecule has 1 amide bonds. The summed E-state index contributed by atoms with van der Waals surface area (Å²) in [5.41, 5.74) is 12.7. The number of pyridine rings is 1. The zero-order chi connectivity index (χ0) is 18.0. The molecule has 0 radical (unpaired) electrons. The van der Waals surface area contributed by atoms with Crippen LogP contribution in [-0.2, 0) is 6.42 Å². The van der Waals surface area contributed by atoms with Gasteiger partial charge in [-0.3, -0.25) is 4.79 Å². The van der Waals surface area contributed by atoms with Crippen LogP contribution in [0.25, 0.3) is 10.2 Å². The predicted molar refractivity (Wildman–Crippen MR) is 95.6 cm³/mol. The first-order chi connectivity index (χ1) is 12.0. The van der Waals surface area contributed by atoms with Crippen molar-refractivity contribution in [3.63, 3.8) is 0 Å². The molecule has 3 aromatic rings. The monoisotopic (exact) mass is 355 g/mol. The maximum absolute atomic E-state index is 13.6. The Hall–Kier alpha value is -3.18. The fourth-order valence-electron chi connectivity index (χ4n) is 2.40. The normalized spacial score (nSPS) is 10.6. The molecule has 3 rings (SSSR count). The van der Waals surface area contributed by atoms with Crippen molar-refractivity contribution in [2.24, 2.45) is 0 Å². The van der Waals surface area contributed by atoms with Gasteiger partial charge in [0.2, 0.25) is 0 Å². The summed E-state index contributed by atoms with van der Waals surface area (Å²) in [5.74, 6) is -0.571. The number of benzene rings is 1. The van der Waals surface area contributed by atoms with E-state index >= 15 is 0 Å². The van der Waals surface area contributed by atoms with Crippen molar-refractivity contribution in [1.82, 2.24) is 10.3 Å². The summed E-state index contributed by atoms with van der Waals surface area (Å²) in [7, 11) is 0. The average Bonchev–Trinajstić information content (AvgIpc) is 2.91. The van der Waals surface area contributed by atoms with E-state index in [9.17, 15) is 9.18 Å². The van der Waals surface area contributed by atoms with E-state index in [1.165, 1.54) is 12.1 Å². The minimum Gasteiger partial charge on any atom is -0.397 e. The number of thiophene rings is 1. The van der Waals surface area contributed by atoms with Gasteiger partial charge in [-0.2, -0.15) is 5.26 Å². The highest BCUT2D eigenvalue weighted by atomic mass is 32.1. The van der Waals surface area contributed by atoms with Crippen molar-refractivity contribution in [3.8, 4) is 6.07 Å². The number of halogens is 1. The number of nitrogens with one attached hydrogen (secondary N) is 1. The molecule has 0 spiro atoms. The van der Waals surface area contributed by atoms with E-state index in [2.05, 4.69) is 10.3 Å². The number of anilines is 2. The third kappa shape index (κ3) is 3.22. The summed E-state index contributed by atoms with van der Waals surface area (Å²) in [6.45, 7) is 0.270. The van der Waals surface area contributed by atoms with Crippen LogP contribution in [0.15, 0.2) is 30.3 Å². The highest BCUT2D eigenvalue weighted by molar-refractivity contribution is 7.21. The van der Waals surface area contributed by atoms with E-state index in [0.29, 0.717) is 27.1 Å². The SMILES string of the molecule is N#Cc1cc2c(N)c(C(=O)NCCc3ccccc3F)sc2nc1N. The Morgan fingerprint density at radius 2 is 2.12 bits per heavy atom. The molecule has 0 bridgehead atoms. The number of hydrogen-bond acceptors (Lipinski definition) is 6. The Morgan fingerprint density at radius 3 is 2.84 bits per heavy atom. The number of amides is 1. The Morgan fingerprint density at radius 1 is 1.36 bits per heavy atom. The van der Waals surface area contributed by atoms with Crippen LogP contribution >= 0.6 is 11.3 Å². The molecule has 0 unspecified atom stereocenters. The first-order valence-electron chi connectivity index (χ1n) is 7.41. The summed E-state index contributed by atoms with van der Waals surface area (Å²) >= 11 is 1.10. The van der Waals surface area contributed by atoms with E-state index in [1.54, 1.807) is 18.2 Å². The van der Waals surface area contributed by atoms with Crippen molar-refractivity contribution in [2.45, 2.75) is 6.42 Å². The molecule has 6 nitrogen and oxygen atoms in total. The van der Waals surface area contributed by atoms with Crippen molar-refractivity contribution >= 4 is 39.0 Å². The third-order valence-electron chi connectivity index (χ3n) is 3.71. The Labute approximate surface area is 146 Å². The third-order valence-corrected chi connectivity index (χ3v) is 4.83. The number of rotatable bonds is 4. The zero-order valence-electron chi connectivity index (χ0n) is 13.0. The lowest BCUT2D eigenvalue weighted by Crippen LogP contribution is -2.25. The molecule has 2 aromatic heterocycles. The van der Waals surface area contributed by atoms with Crippen molar-refractivity contribution in [3.05, 3.63) is 52.2 Å². The topological polar surface area (TPSA) is 118 Å². The highest BCUT2D eigenvalue weighted by Crippen LogP contribution is 2.34. The number of aromatic nitrogens is 1. The molecular weight excluding hydrogens is 341 g/mol. The number of fused-ring (bicyclic) bond motifs is 1. The number of nitrogens with two attached hydrogens (primary N) is 2. The van der Waals surface area contributed by atoms with Gasteiger partial charge in [0.15, 0.2) is 0 Å². The molecule has 0 saturated carbocycles. The van der Waals surface area contributed by atoms with E-state index in [4.69, 9.17) is 16.7 Å². The van der Waals surface area contributed by atoms with Gasteiger partial charge in [-0.1, -0.05) is 18.2 Å². The molecule has 0 aliphatic heterocycles. The van der Waals surface area contributed by atoms with E-state index in [-0.39, 0.29) is 35.3 Å². The second kappa shape index (κ2) is 6.75. The number of carbonyl (C=O) groups excluding carboxylic acids is 1. The van der Waals surface area contributed by atoms with E-state index < -0.39 is 0 Å². The lowest BCUT2D eigenvalue weighted by molar-refractivity contribution is 0.0959. The molecule has 25 heavy (non-hydrogen) atoms. The highest BCUT2D eigenvalue weighted by Gasteiger charge is 2.18. The summed E-state index contributed by atoms with van der Waals surface area (Å²) in [6, 6.07) is 9.87. The Balaban J connectivity index is 1.77. The Bertz CT molecular complexity index is 1010. The van der Waals surface area contributed by atoms with E-state index in [0.717, 1.165) is 11.3 Å². The maximum Gasteiger partial charge on any atom is 0.263 e. The molecule has 8 heteroatoms. The van der Waals surface area contributed by atoms with Gasteiger partial charge in [0.25, 0.3) is 5.91 Å². The second-order valence-corrected chi connectivity index (χ2v) is 6.33. The van der Waals surface area contributed by atoms with Gasteiger partial charge in [0.1, 0.15) is 27.4 Å². The van der Waals surface area contributed by atoms with Crippen LogP contribution in [0.1, 0.15) is 20.8 Å². The van der Waals surface area contributed by atoms with Crippen LogP contribution in [0.4, 0.5) is 15.9 Å². The molecule has 0 saturated heterocycles. The number of hydrogen-bond donors (Lipinski definition) is 3. The van der Waals surface area contributed by atoms with Crippen LogP contribution in [0.2, 0.25) is 0 Å². The molecule has 0 aliphatic carbocycles. The number of carbonyl (C=O) groups is 1. The van der Waals surface area contributed by atoms with Gasteiger partial charge < -0.3 is 16.8 Å². The van der Waals surface area contributed by atoms with Gasteiger partial charge in [0, 0.05) is 11.9 Å². The van der Waals surface area contributed by atoms with E-state index in [1.807, 2.05) is 6.07 Å². The molecule has 126 valence electrons. The molecule has 0 fully saturated rings. The summed E-state index contributed by atoms with van der Waals surface area (Å²) in [5, 5.41) is 12.3. The summed E-state index contributed by atoms with van der Waals surface area (Å²) in [4.78, 5) is 17.3. The number of nitriles is 1. The molecule has 0 aliphatic rings. The Kier molecular flexibility index (Phi) is 4.50. The van der Waals surface area contributed by atoms with Crippen LogP contribution in [0, 0.1) is 17.1 Å². The standard InChI is InChI=1S/C17H14FN5OS/c18-12-4-2-1-3-9(12)5-6-22-16(24)14-13(20)11-7-10(8-19)15(21)23-17(11)25-14/h1-4,7H,5-6,20H2,(H2,21,23)(H,22,24). The minimum atomic E-state index is -0.367. The lowest BCUT2D eigenvalue weighted by Gasteiger charge is -2.05. The molecular formula is C17H14FN5OS. The van der Waals surface area contributed by atoms with Crippen LogP contribution in [0.5, 0.6) is 0 Å². The fraction of sp³-hybridized carbons (Fsp3) is 0.118. The molecule has 0 atom stereocenters. The second-order valence-electron chi connectivity index (χ2n) is 5.33. The summed E-state index contributed by atoms with van der Waals surface area (Å²) < 4.78 is 13.6. The smallest absolute Gasteiger partial charge is 0.263 e. The van der Waals surface area contributed by atoms with Crippen LogP contribution in [0.3, 0.4) is 0 Å². The van der Waals surface area contributed by atoms with Gasteiger partial charge in [-0.05, 0) is 24.1 Å². The average molecular weight is 355 g/mol. The van der Waals surface area contributed by atoms with Crippen molar-refractivity contribution in [2.75, 3.05) is 18.0 Å². The minimum absolute atomic E-state index is 0.0998. The molecule has 2 heterocycles. The predicted octanol–water partition coefficient (Wildman–Crippen LogP) is 2.44. The molecule has 5 N–H and O–H groups in total. The van der Waals surface area contributed by atoms with Crippen LogP contribution < -0.4 is 16.8 Å². The van der Waals surface area contributed by atoms with Crippen molar-refractivity contribution < 1.29 is 9.18 Å². The van der Waals surface area contributed by atoms with Gasteiger partial charge in [0.05, 0.1) is 11.3 Å². The van der Waals surface area contributed by atoms with Gasteiger partial charge in [-0.15, -0.1) is 11.3 Å². The number of nitrogen functional groups attached to an aromatic ring is 2. The maximum atomic E-state index is 13.6. The van der Waals surface area contributed by atoms with Crippen LogP contribution in [-0.4, -0.2) is 17.4 Å². The van der Waals surface area contributed by atoms with Crippen molar-refractivity contribution in [1.29, 1.82) is 5.26 Å². The molecule has 1 aromatic carbocycles. The quantitative estimate of drug-likeness (QED) is 0.664.